The van der Waals surface area contributed by atoms with E-state index in [0.29, 0.717) is 11.6 Å². The molecule has 2 aliphatic rings. The largest absolute Gasteiger partial charge is 0.369 e. The minimum Gasteiger partial charge on any atom is -0.369 e. The Morgan fingerprint density at radius 3 is 2.84 bits per heavy atom. The van der Waals surface area contributed by atoms with Crippen molar-refractivity contribution in [3.05, 3.63) is 16.1 Å². The van der Waals surface area contributed by atoms with Crippen LogP contribution >= 0.6 is 11.3 Å². The molecule has 1 saturated heterocycles. The molecule has 2 heterocycles. The molecule has 0 radical (unpaired) electrons. The zero-order valence-electron chi connectivity index (χ0n) is 14.1. The number of carbonyl (C=O) groups is 1. The highest BCUT2D eigenvalue weighted by molar-refractivity contribution is 7.88. The van der Waals surface area contributed by atoms with Crippen LogP contribution in [-0.4, -0.2) is 66.6 Å². The van der Waals surface area contributed by atoms with Gasteiger partial charge in [0.25, 0.3) is 0 Å². The number of primary amides is 1. The van der Waals surface area contributed by atoms with Gasteiger partial charge in [0.2, 0.25) is 15.9 Å². The standard InChI is InChI=1S/C15H23FN4O3S2/c1-25(22,23)20(6-12-9-24-15(18-12)10-2-3-10)7-13-4-11(16)5-19(13)8-14(17)21/h9-11,13H,2-8H2,1H3,(H2,17,21)/t11-,13-/m0/s1. The quantitative estimate of drug-likeness (QED) is 0.704. The first kappa shape index (κ1) is 18.7. The third kappa shape index (κ3) is 4.96. The lowest BCUT2D eigenvalue weighted by atomic mass is 10.2. The molecule has 0 unspecified atom stereocenters. The van der Waals surface area contributed by atoms with Gasteiger partial charge in [-0.15, -0.1) is 11.3 Å². The van der Waals surface area contributed by atoms with E-state index in [9.17, 15) is 17.6 Å². The maximum Gasteiger partial charge on any atom is 0.231 e. The highest BCUT2D eigenvalue weighted by Gasteiger charge is 2.36. The van der Waals surface area contributed by atoms with Crippen LogP contribution in [0.1, 0.15) is 35.9 Å². The molecule has 0 bridgehead atoms. The lowest BCUT2D eigenvalue weighted by Gasteiger charge is -2.28. The van der Waals surface area contributed by atoms with Crippen LogP contribution in [0.5, 0.6) is 0 Å². The zero-order valence-corrected chi connectivity index (χ0v) is 15.7. The van der Waals surface area contributed by atoms with Crippen LogP contribution in [0, 0.1) is 0 Å². The lowest BCUT2D eigenvalue weighted by Crippen LogP contribution is -2.45. The van der Waals surface area contributed by atoms with E-state index in [-0.39, 0.29) is 38.6 Å². The summed E-state index contributed by atoms with van der Waals surface area (Å²) in [5.41, 5.74) is 5.93. The SMILES string of the molecule is CS(=O)(=O)N(Cc1csc(C2CC2)n1)C[C@@H]1C[C@H](F)CN1CC(N)=O. The molecule has 3 rings (SSSR count). The van der Waals surface area contributed by atoms with Crippen molar-refractivity contribution in [2.45, 2.75) is 43.9 Å². The fourth-order valence-electron chi connectivity index (χ4n) is 3.15. The molecular weight excluding hydrogens is 367 g/mol. The van der Waals surface area contributed by atoms with Crippen molar-refractivity contribution in [3.63, 3.8) is 0 Å². The van der Waals surface area contributed by atoms with E-state index in [4.69, 9.17) is 5.73 Å². The van der Waals surface area contributed by atoms with E-state index in [1.54, 1.807) is 16.2 Å². The van der Waals surface area contributed by atoms with E-state index in [0.717, 1.165) is 24.1 Å². The summed E-state index contributed by atoms with van der Waals surface area (Å²) in [6.07, 6.45) is 2.55. The number of carbonyl (C=O) groups excluding carboxylic acids is 1. The first-order chi connectivity index (χ1) is 11.7. The molecule has 2 N–H and O–H groups in total. The molecule has 10 heteroatoms. The Morgan fingerprint density at radius 1 is 1.52 bits per heavy atom. The molecule has 1 aliphatic carbocycles. The summed E-state index contributed by atoms with van der Waals surface area (Å²) in [6, 6.07) is -0.362. The van der Waals surface area contributed by atoms with Crippen molar-refractivity contribution in [3.8, 4) is 0 Å². The predicted octanol–water partition coefficient (Wildman–Crippen LogP) is 0.680. The highest BCUT2D eigenvalue weighted by atomic mass is 32.2. The molecule has 25 heavy (non-hydrogen) atoms. The summed E-state index contributed by atoms with van der Waals surface area (Å²) < 4.78 is 39.5. The maximum absolute atomic E-state index is 13.8. The minimum absolute atomic E-state index is 0.0643. The molecule has 2 fully saturated rings. The normalized spacial score (nSPS) is 24.9. The Bertz CT molecular complexity index is 735. The summed E-state index contributed by atoms with van der Waals surface area (Å²) in [4.78, 5) is 17.3. The molecule has 1 aromatic heterocycles. The van der Waals surface area contributed by atoms with E-state index in [1.165, 1.54) is 4.31 Å². The topological polar surface area (TPSA) is 96.6 Å². The molecule has 1 aliphatic heterocycles. The number of sulfonamides is 1. The van der Waals surface area contributed by atoms with Gasteiger partial charge in [-0.25, -0.2) is 17.8 Å². The molecule has 1 aromatic rings. The highest BCUT2D eigenvalue weighted by Crippen LogP contribution is 2.41. The molecule has 0 aromatic carbocycles. The molecule has 140 valence electrons. The van der Waals surface area contributed by atoms with Gasteiger partial charge >= 0.3 is 0 Å². The number of amides is 1. The fourth-order valence-corrected chi connectivity index (χ4v) is 4.94. The third-order valence-corrected chi connectivity index (χ3v) is 6.83. The van der Waals surface area contributed by atoms with Gasteiger partial charge in [-0.1, -0.05) is 0 Å². The number of rotatable bonds is 8. The van der Waals surface area contributed by atoms with Gasteiger partial charge in [-0.05, 0) is 19.3 Å². The van der Waals surface area contributed by atoms with Crippen LogP contribution in [0.3, 0.4) is 0 Å². The number of aromatic nitrogens is 1. The summed E-state index contributed by atoms with van der Waals surface area (Å²) in [5.74, 6) is -0.0165. The minimum atomic E-state index is -3.48. The third-order valence-electron chi connectivity index (χ3n) is 4.55. The van der Waals surface area contributed by atoms with Crippen molar-refractivity contribution in [2.75, 3.05) is 25.9 Å². The van der Waals surface area contributed by atoms with Crippen LogP contribution in [0.4, 0.5) is 4.39 Å². The summed E-state index contributed by atoms with van der Waals surface area (Å²) in [7, 11) is -3.48. The number of thiazole rings is 1. The van der Waals surface area contributed by atoms with Gasteiger partial charge in [-0.2, -0.15) is 4.31 Å². The fraction of sp³-hybridized carbons (Fsp3) is 0.733. The van der Waals surface area contributed by atoms with Crippen molar-refractivity contribution in [1.82, 2.24) is 14.2 Å². The second kappa shape index (κ2) is 7.26. The van der Waals surface area contributed by atoms with Gasteiger partial charge < -0.3 is 5.73 Å². The van der Waals surface area contributed by atoms with Crippen molar-refractivity contribution < 1.29 is 17.6 Å². The number of alkyl halides is 1. The Morgan fingerprint density at radius 2 is 2.24 bits per heavy atom. The van der Waals surface area contributed by atoms with Crippen LogP contribution in [-0.2, 0) is 21.4 Å². The monoisotopic (exact) mass is 390 g/mol. The number of nitrogens with two attached hydrogens (primary N) is 1. The maximum atomic E-state index is 13.8. The predicted molar refractivity (Wildman–Crippen MR) is 93.4 cm³/mol. The number of nitrogens with zero attached hydrogens (tertiary/aromatic N) is 3. The average molecular weight is 391 g/mol. The summed E-state index contributed by atoms with van der Waals surface area (Å²) in [6.45, 7) is 0.335. The van der Waals surface area contributed by atoms with Gasteiger partial charge in [0, 0.05) is 30.4 Å². The van der Waals surface area contributed by atoms with Crippen molar-refractivity contribution in [2.24, 2.45) is 5.73 Å². The van der Waals surface area contributed by atoms with Crippen LogP contribution in [0.15, 0.2) is 5.38 Å². The van der Waals surface area contributed by atoms with Gasteiger partial charge in [0.15, 0.2) is 0 Å². The molecule has 0 spiro atoms. The first-order valence-electron chi connectivity index (χ1n) is 8.28. The lowest BCUT2D eigenvalue weighted by molar-refractivity contribution is -0.119. The van der Waals surface area contributed by atoms with Crippen LogP contribution in [0.25, 0.3) is 0 Å². The van der Waals surface area contributed by atoms with E-state index in [1.807, 2.05) is 5.38 Å². The first-order valence-corrected chi connectivity index (χ1v) is 11.0. The van der Waals surface area contributed by atoms with Gasteiger partial charge in [-0.3, -0.25) is 9.69 Å². The van der Waals surface area contributed by atoms with E-state index < -0.39 is 22.1 Å². The smallest absolute Gasteiger partial charge is 0.231 e. The Hall–Kier alpha value is -1.10. The van der Waals surface area contributed by atoms with E-state index in [2.05, 4.69) is 4.98 Å². The Balaban J connectivity index is 1.70. The van der Waals surface area contributed by atoms with E-state index >= 15 is 0 Å². The molecule has 2 atom stereocenters. The Labute approximate surface area is 151 Å². The second-order valence-electron chi connectivity index (χ2n) is 6.89. The Kier molecular flexibility index (Phi) is 5.42. The second-order valence-corrected chi connectivity index (χ2v) is 9.76. The molecular formula is C15H23FN4O3S2. The molecule has 1 amide bonds. The number of likely N-dealkylation sites (tertiary alicyclic amines) is 1. The number of hydrogen-bond donors (Lipinski definition) is 1. The summed E-state index contributed by atoms with van der Waals surface area (Å²) in [5, 5.41) is 2.95. The molecule has 7 nitrogen and oxygen atoms in total. The average Bonchev–Trinajstić information content (AvgIpc) is 3.14. The number of halogens is 1. The van der Waals surface area contributed by atoms with Gasteiger partial charge in [0.1, 0.15) is 6.17 Å². The van der Waals surface area contributed by atoms with Crippen LogP contribution < -0.4 is 5.73 Å². The van der Waals surface area contributed by atoms with Crippen LogP contribution in [0.2, 0.25) is 0 Å². The zero-order chi connectivity index (χ0) is 18.2. The number of hydrogen-bond acceptors (Lipinski definition) is 6. The van der Waals surface area contributed by atoms with Crippen molar-refractivity contribution >= 4 is 27.3 Å². The summed E-state index contributed by atoms with van der Waals surface area (Å²) >= 11 is 1.56. The van der Waals surface area contributed by atoms with Gasteiger partial charge in [0.05, 0.1) is 30.0 Å². The molecule has 1 saturated carbocycles. The van der Waals surface area contributed by atoms with Crippen molar-refractivity contribution in [1.29, 1.82) is 0 Å².